The number of anilines is 1. The lowest BCUT2D eigenvalue weighted by atomic mass is 10.2. The van der Waals surface area contributed by atoms with Gasteiger partial charge in [0.25, 0.3) is 5.91 Å². The van der Waals surface area contributed by atoms with Crippen LogP contribution in [0.2, 0.25) is 5.02 Å². The van der Waals surface area contributed by atoms with Gasteiger partial charge in [-0.3, -0.25) is 4.79 Å². The van der Waals surface area contributed by atoms with Crippen LogP contribution in [0.4, 0.5) is 5.69 Å². The fraction of sp³-hybridized carbons (Fsp3) is 0.278. The van der Waals surface area contributed by atoms with Gasteiger partial charge in [-0.15, -0.1) is 0 Å². The summed E-state index contributed by atoms with van der Waals surface area (Å²) in [5.41, 5.74) is 6.18. The van der Waals surface area contributed by atoms with Gasteiger partial charge in [-0.25, -0.2) is 0 Å². The fourth-order valence-corrected chi connectivity index (χ4v) is 2.70. The second-order valence-corrected chi connectivity index (χ2v) is 6.04. The summed E-state index contributed by atoms with van der Waals surface area (Å²) < 4.78 is 11.5. The first kappa shape index (κ1) is 16.8. The van der Waals surface area contributed by atoms with E-state index in [1.54, 1.807) is 36.4 Å². The van der Waals surface area contributed by atoms with Gasteiger partial charge >= 0.3 is 0 Å². The van der Waals surface area contributed by atoms with E-state index in [-0.39, 0.29) is 12.0 Å². The highest BCUT2D eigenvalue weighted by atomic mass is 35.5. The molecule has 3 N–H and O–H groups in total. The highest BCUT2D eigenvalue weighted by Gasteiger charge is 2.30. The van der Waals surface area contributed by atoms with Crippen LogP contribution in [0.3, 0.4) is 0 Å². The first-order chi connectivity index (χ1) is 11.7. The molecule has 126 valence electrons. The number of carbonyl (C=O) groups is 1. The lowest BCUT2D eigenvalue weighted by Gasteiger charge is -2.15. The van der Waals surface area contributed by atoms with Gasteiger partial charge in [-0.1, -0.05) is 23.7 Å². The Morgan fingerprint density at radius 3 is 2.67 bits per heavy atom. The van der Waals surface area contributed by atoms with Crippen molar-refractivity contribution in [1.82, 2.24) is 0 Å². The van der Waals surface area contributed by atoms with Crippen molar-refractivity contribution < 1.29 is 14.3 Å². The molecule has 0 bridgehead atoms. The predicted octanol–water partition coefficient (Wildman–Crippen LogP) is 3.58. The molecular formula is C18H19ClN2O3. The van der Waals surface area contributed by atoms with E-state index in [4.69, 9.17) is 26.8 Å². The largest absolute Gasteiger partial charge is 0.455 e. The Morgan fingerprint density at radius 1 is 1.21 bits per heavy atom. The minimum absolute atomic E-state index is 0.0405. The summed E-state index contributed by atoms with van der Waals surface area (Å²) in [6.07, 6.45) is 0.967. The van der Waals surface area contributed by atoms with Crippen LogP contribution in [0.1, 0.15) is 12.8 Å². The van der Waals surface area contributed by atoms with E-state index < -0.39 is 6.10 Å². The van der Waals surface area contributed by atoms with Gasteiger partial charge in [0.2, 0.25) is 0 Å². The molecule has 2 atom stereocenters. The average Bonchev–Trinajstić information content (AvgIpc) is 3.08. The highest BCUT2D eigenvalue weighted by molar-refractivity contribution is 6.30. The maximum absolute atomic E-state index is 12.4. The molecule has 5 nitrogen and oxygen atoms in total. The second-order valence-electron chi connectivity index (χ2n) is 5.60. The molecule has 2 aromatic carbocycles. The number of rotatable bonds is 5. The molecule has 0 unspecified atom stereocenters. The fourth-order valence-electron chi connectivity index (χ4n) is 2.57. The predicted molar refractivity (Wildman–Crippen MR) is 93.5 cm³/mol. The van der Waals surface area contributed by atoms with Gasteiger partial charge in [0.05, 0.1) is 11.8 Å². The van der Waals surface area contributed by atoms with Crippen LogP contribution < -0.4 is 15.8 Å². The van der Waals surface area contributed by atoms with Gasteiger partial charge in [-0.2, -0.15) is 0 Å². The molecule has 0 aromatic heterocycles. The van der Waals surface area contributed by atoms with Gasteiger partial charge in [0.15, 0.2) is 5.75 Å². The summed E-state index contributed by atoms with van der Waals surface area (Å²) in [6, 6.07) is 14.3. The summed E-state index contributed by atoms with van der Waals surface area (Å²) in [6.45, 7) is 0.431. The number of ether oxygens (including phenoxy) is 2. The van der Waals surface area contributed by atoms with Crippen molar-refractivity contribution in [3.05, 3.63) is 53.6 Å². The van der Waals surface area contributed by atoms with Crippen molar-refractivity contribution >= 4 is 23.2 Å². The molecular weight excluding hydrogens is 328 g/mol. The van der Waals surface area contributed by atoms with Crippen molar-refractivity contribution in [2.75, 3.05) is 11.9 Å². The van der Waals surface area contributed by atoms with Gasteiger partial charge in [0.1, 0.15) is 11.9 Å². The Labute approximate surface area is 145 Å². The minimum Gasteiger partial charge on any atom is -0.455 e. The summed E-state index contributed by atoms with van der Waals surface area (Å²) in [5.74, 6) is 1.01. The summed E-state index contributed by atoms with van der Waals surface area (Å²) in [4.78, 5) is 12.4. The van der Waals surface area contributed by atoms with Gasteiger partial charge in [0, 0.05) is 11.6 Å². The number of nitrogens with two attached hydrogens (primary N) is 1. The number of halogens is 1. The van der Waals surface area contributed by atoms with Gasteiger partial charge < -0.3 is 20.5 Å². The van der Waals surface area contributed by atoms with E-state index in [0.717, 1.165) is 6.42 Å². The molecule has 0 aliphatic carbocycles. The van der Waals surface area contributed by atoms with Crippen molar-refractivity contribution in [2.24, 2.45) is 5.73 Å². The molecule has 3 rings (SSSR count). The van der Waals surface area contributed by atoms with Crippen LogP contribution >= 0.6 is 11.6 Å². The Bertz CT molecular complexity index is 706. The Balaban J connectivity index is 1.70. The van der Waals surface area contributed by atoms with Crippen LogP contribution in [0.25, 0.3) is 0 Å². The van der Waals surface area contributed by atoms with Crippen molar-refractivity contribution in [1.29, 1.82) is 0 Å². The highest BCUT2D eigenvalue weighted by Crippen LogP contribution is 2.30. The normalized spacial score (nSPS) is 19.9. The standard InChI is InChI=1S/C18H19ClN2O3/c19-12-5-7-13(8-6-12)23-16-4-2-1-3-15(16)21-18(22)17-10-9-14(11-20)24-17/h1-8,14,17H,9-11,20H2,(H,21,22)/t14-,17+/m1/s1. The third kappa shape index (κ3) is 4.06. The summed E-state index contributed by atoms with van der Waals surface area (Å²) in [5, 5.41) is 3.51. The smallest absolute Gasteiger partial charge is 0.253 e. The molecule has 0 spiro atoms. The number of hydrogen-bond acceptors (Lipinski definition) is 4. The maximum Gasteiger partial charge on any atom is 0.253 e. The molecule has 2 aromatic rings. The molecule has 24 heavy (non-hydrogen) atoms. The Morgan fingerprint density at radius 2 is 1.96 bits per heavy atom. The van der Waals surface area contributed by atoms with E-state index in [2.05, 4.69) is 5.32 Å². The maximum atomic E-state index is 12.4. The number of benzene rings is 2. The first-order valence-corrected chi connectivity index (χ1v) is 8.22. The number of carbonyl (C=O) groups excluding carboxylic acids is 1. The Hall–Kier alpha value is -2.08. The molecule has 6 heteroatoms. The number of nitrogens with one attached hydrogen (secondary N) is 1. The number of hydrogen-bond donors (Lipinski definition) is 2. The number of para-hydroxylation sites is 2. The van der Waals surface area contributed by atoms with Crippen LogP contribution in [-0.4, -0.2) is 24.7 Å². The lowest BCUT2D eigenvalue weighted by Crippen LogP contribution is -2.29. The van der Waals surface area contributed by atoms with Crippen LogP contribution in [0.15, 0.2) is 48.5 Å². The second kappa shape index (κ2) is 7.66. The van der Waals surface area contributed by atoms with E-state index in [1.807, 2.05) is 12.1 Å². The Kier molecular flexibility index (Phi) is 5.35. The van der Waals surface area contributed by atoms with Gasteiger partial charge in [-0.05, 0) is 49.2 Å². The molecule has 1 aliphatic rings. The minimum atomic E-state index is -0.470. The lowest BCUT2D eigenvalue weighted by molar-refractivity contribution is -0.126. The zero-order valence-electron chi connectivity index (χ0n) is 13.1. The average molecular weight is 347 g/mol. The van der Waals surface area contributed by atoms with E-state index in [9.17, 15) is 4.79 Å². The van der Waals surface area contributed by atoms with Crippen LogP contribution in [0, 0.1) is 0 Å². The molecule has 1 heterocycles. The third-order valence-corrected chi connectivity index (χ3v) is 4.10. The molecule has 1 amide bonds. The number of amides is 1. The molecule has 0 saturated carbocycles. The van der Waals surface area contributed by atoms with E-state index in [1.165, 1.54) is 0 Å². The van der Waals surface area contributed by atoms with Crippen molar-refractivity contribution in [3.8, 4) is 11.5 Å². The zero-order chi connectivity index (χ0) is 16.9. The first-order valence-electron chi connectivity index (χ1n) is 7.84. The topological polar surface area (TPSA) is 73.6 Å². The molecule has 1 aliphatic heterocycles. The zero-order valence-corrected chi connectivity index (χ0v) is 13.8. The monoisotopic (exact) mass is 346 g/mol. The molecule has 1 saturated heterocycles. The van der Waals surface area contributed by atoms with Crippen LogP contribution in [0.5, 0.6) is 11.5 Å². The quantitative estimate of drug-likeness (QED) is 0.867. The molecule has 0 radical (unpaired) electrons. The SMILES string of the molecule is NC[C@H]1CC[C@@H](C(=O)Nc2ccccc2Oc2ccc(Cl)cc2)O1. The summed E-state index contributed by atoms with van der Waals surface area (Å²) in [7, 11) is 0. The molecule has 1 fully saturated rings. The summed E-state index contributed by atoms with van der Waals surface area (Å²) >= 11 is 5.88. The van der Waals surface area contributed by atoms with Crippen molar-refractivity contribution in [3.63, 3.8) is 0 Å². The third-order valence-electron chi connectivity index (χ3n) is 3.85. The van der Waals surface area contributed by atoms with Crippen LogP contribution in [-0.2, 0) is 9.53 Å². The van der Waals surface area contributed by atoms with E-state index in [0.29, 0.717) is 35.2 Å². The van der Waals surface area contributed by atoms with E-state index >= 15 is 0 Å². The van der Waals surface area contributed by atoms with Crippen molar-refractivity contribution in [2.45, 2.75) is 25.0 Å².